The van der Waals surface area contributed by atoms with Gasteiger partial charge in [-0.15, -0.1) is 0 Å². The predicted molar refractivity (Wildman–Crippen MR) is 307 cm³/mol. The Labute approximate surface area is 440 Å². The third kappa shape index (κ3) is 57.9. The SMILES string of the molecule is CC/C=C\C/C=C\C/C=C\C/C=C\C/C=C\CC(=O)OCC(COC(=O)CCCCCCCCCCCCCCCCCCCCCCCC)OC(=O)CCCCCCCCCCCCCCCCCC. The van der Waals surface area contributed by atoms with Crippen LogP contribution in [0.25, 0.3) is 0 Å². The highest BCUT2D eigenvalue weighted by Gasteiger charge is 2.19. The molecule has 0 saturated carbocycles. The third-order valence-corrected chi connectivity index (χ3v) is 13.6. The first-order chi connectivity index (χ1) is 35.0. The molecule has 412 valence electrons. The number of rotatable bonds is 56. The molecule has 0 spiro atoms. The molecule has 0 aromatic heterocycles. The molecule has 1 unspecified atom stereocenters. The summed E-state index contributed by atoms with van der Waals surface area (Å²) in [5, 5.41) is 0. The quantitative estimate of drug-likeness (QED) is 0.0261. The molecular formula is C65H116O6. The minimum Gasteiger partial charge on any atom is -0.462 e. The fourth-order valence-corrected chi connectivity index (χ4v) is 8.99. The van der Waals surface area contributed by atoms with Crippen LogP contribution in [0.5, 0.6) is 0 Å². The summed E-state index contributed by atoms with van der Waals surface area (Å²) in [6.45, 7) is 6.49. The van der Waals surface area contributed by atoms with E-state index < -0.39 is 12.1 Å². The molecule has 0 saturated heterocycles. The summed E-state index contributed by atoms with van der Waals surface area (Å²) in [7, 11) is 0. The van der Waals surface area contributed by atoms with Crippen LogP contribution in [0, 0.1) is 0 Å². The van der Waals surface area contributed by atoms with E-state index in [-0.39, 0.29) is 31.6 Å². The topological polar surface area (TPSA) is 78.9 Å². The second-order valence-corrected chi connectivity index (χ2v) is 20.6. The Morgan fingerprint density at radius 3 is 0.859 bits per heavy atom. The van der Waals surface area contributed by atoms with Crippen LogP contribution < -0.4 is 0 Å². The molecule has 0 rings (SSSR count). The van der Waals surface area contributed by atoms with Crippen molar-refractivity contribution >= 4 is 17.9 Å². The smallest absolute Gasteiger partial charge is 0.309 e. The van der Waals surface area contributed by atoms with E-state index in [1.54, 1.807) is 6.08 Å². The first kappa shape index (κ1) is 68.1. The van der Waals surface area contributed by atoms with Gasteiger partial charge in [-0.2, -0.15) is 0 Å². The van der Waals surface area contributed by atoms with E-state index in [1.807, 2.05) is 6.08 Å². The molecule has 1 atom stereocenters. The van der Waals surface area contributed by atoms with E-state index in [2.05, 4.69) is 69.4 Å². The summed E-state index contributed by atoms with van der Waals surface area (Å²) in [5.41, 5.74) is 0. The van der Waals surface area contributed by atoms with Crippen LogP contribution in [0.1, 0.15) is 316 Å². The van der Waals surface area contributed by atoms with Crippen LogP contribution >= 0.6 is 0 Å². The highest BCUT2D eigenvalue weighted by molar-refractivity contribution is 5.72. The summed E-state index contributed by atoms with van der Waals surface area (Å²) >= 11 is 0. The molecule has 6 nitrogen and oxygen atoms in total. The van der Waals surface area contributed by atoms with Gasteiger partial charge in [-0.3, -0.25) is 14.4 Å². The van der Waals surface area contributed by atoms with Gasteiger partial charge in [0.2, 0.25) is 0 Å². The molecule has 0 fully saturated rings. The van der Waals surface area contributed by atoms with Gasteiger partial charge in [0.15, 0.2) is 6.10 Å². The van der Waals surface area contributed by atoms with Gasteiger partial charge in [-0.05, 0) is 44.9 Å². The number of carbonyl (C=O) groups excluding carboxylic acids is 3. The zero-order chi connectivity index (χ0) is 51.4. The first-order valence-electron chi connectivity index (χ1n) is 30.8. The van der Waals surface area contributed by atoms with E-state index in [0.717, 1.165) is 70.6 Å². The Morgan fingerprint density at radius 2 is 0.549 bits per heavy atom. The Hall–Kier alpha value is -2.89. The van der Waals surface area contributed by atoms with Crippen molar-refractivity contribution in [1.82, 2.24) is 0 Å². The normalized spacial score (nSPS) is 12.4. The van der Waals surface area contributed by atoms with Gasteiger partial charge in [0, 0.05) is 12.8 Å². The minimum atomic E-state index is -0.811. The molecule has 0 amide bonds. The number of ether oxygens (including phenoxy) is 3. The molecule has 0 N–H and O–H groups in total. The van der Waals surface area contributed by atoms with Crippen LogP contribution in [-0.4, -0.2) is 37.2 Å². The van der Waals surface area contributed by atoms with Crippen molar-refractivity contribution in [3.63, 3.8) is 0 Å². The molecular weight excluding hydrogens is 877 g/mol. The average Bonchev–Trinajstić information content (AvgIpc) is 3.37. The Balaban J connectivity index is 4.36. The lowest BCUT2D eigenvalue weighted by Gasteiger charge is -2.18. The van der Waals surface area contributed by atoms with Crippen molar-refractivity contribution in [2.24, 2.45) is 0 Å². The predicted octanol–water partition coefficient (Wildman–Crippen LogP) is 20.8. The Bertz CT molecular complexity index is 1280. The van der Waals surface area contributed by atoms with Gasteiger partial charge >= 0.3 is 17.9 Å². The maximum Gasteiger partial charge on any atom is 0.309 e. The largest absolute Gasteiger partial charge is 0.462 e. The lowest BCUT2D eigenvalue weighted by molar-refractivity contribution is -0.166. The standard InChI is InChI=1S/C65H116O6/c1-4-7-10-13-16-19-22-25-28-30-31-32-33-34-35-38-40-43-46-49-52-55-58-64(67)70-61-62(60-69-63(66)57-54-51-48-45-42-39-36-27-24-21-18-15-12-9-6-3)71-65(68)59-56-53-50-47-44-41-37-29-26-23-20-17-14-11-8-5-2/h9,12,18,21,27,36,42,45,51,54,62H,4-8,10-11,13-17,19-20,22-26,28-35,37-41,43-44,46-50,52-53,55-61H2,1-3H3/b12-9-,21-18-,36-27-,45-42-,54-51-. The van der Waals surface area contributed by atoms with Crippen LogP contribution in [0.15, 0.2) is 60.8 Å². The number of esters is 3. The van der Waals surface area contributed by atoms with E-state index in [9.17, 15) is 14.4 Å². The van der Waals surface area contributed by atoms with Gasteiger partial charge < -0.3 is 14.2 Å². The lowest BCUT2D eigenvalue weighted by Crippen LogP contribution is -2.30. The molecule has 6 heteroatoms. The zero-order valence-corrected chi connectivity index (χ0v) is 47.2. The number of carbonyl (C=O) groups is 3. The fourth-order valence-electron chi connectivity index (χ4n) is 8.99. The molecule has 0 bridgehead atoms. The monoisotopic (exact) mass is 993 g/mol. The second-order valence-electron chi connectivity index (χ2n) is 20.6. The van der Waals surface area contributed by atoms with Crippen molar-refractivity contribution in [2.75, 3.05) is 13.2 Å². The van der Waals surface area contributed by atoms with Gasteiger partial charge in [0.05, 0.1) is 6.42 Å². The highest BCUT2D eigenvalue weighted by atomic mass is 16.6. The summed E-state index contributed by atoms with van der Waals surface area (Å²) in [4.78, 5) is 38.2. The van der Waals surface area contributed by atoms with Crippen molar-refractivity contribution in [1.29, 1.82) is 0 Å². The Morgan fingerprint density at radius 1 is 0.296 bits per heavy atom. The molecule has 0 radical (unpaired) electrons. The maximum atomic E-state index is 12.9. The molecule has 0 aliphatic carbocycles. The van der Waals surface area contributed by atoms with Crippen LogP contribution in [0.2, 0.25) is 0 Å². The summed E-state index contributed by atoms with van der Waals surface area (Å²) in [6.07, 6.45) is 75.4. The Kier molecular flexibility index (Phi) is 57.2. The lowest BCUT2D eigenvalue weighted by atomic mass is 10.0. The van der Waals surface area contributed by atoms with E-state index in [0.29, 0.717) is 12.8 Å². The summed E-state index contributed by atoms with van der Waals surface area (Å²) in [6, 6.07) is 0. The summed E-state index contributed by atoms with van der Waals surface area (Å²) < 4.78 is 16.8. The van der Waals surface area contributed by atoms with E-state index in [4.69, 9.17) is 14.2 Å². The number of hydrogen-bond donors (Lipinski definition) is 0. The summed E-state index contributed by atoms with van der Waals surface area (Å²) in [5.74, 6) is -1.02. The van der Waals surface area contributed by atoms with E-state index in [1.165, 1.54) is 205 Å². The molecule has 0 aromatic carbocycles. The van der Waals surface area contributed by atoms with Gasteiger partial charge in [0.25, 0.3) is 0 Å². The zero-order valence-electron chi connectivity index (χ0n) is 47.2. The van der Waals surface area contributed by atoms with Gasteiger partial charge in [-0.25, -0.2) is 0 Å². The van der Waals surface area contributed by atoms with Crippen molar-refractivity contribution in [3.05, 3.63) is 60.8 Å². The molecule has 0 heterocycles. The van der Waals surface area contributed by atoms with Gasteiger partial charge in [0.1, 0.15) is 13.2 Å². The van der Waals surface area contributed by atoms with Gasteiger partial charge in [-0.1, -0.05) is 313 Å². The number of allylic oxidation sites excluding steroid dienone is 9. The van der Waals surface area contributed by atoms with Crippen molar-refractivity contribution < 1.29 is 28.6 Å². The number of unbranched alkanes of at least 4 members (excludes halogenated alkanes) is 36. The second kappa shape index (κ2) is 59.7. The molecule has 0 aliphatic rings. The first-order valence-corrected chi connectivity index (χ1v) is 30.8. The maximum absolute atomic E-state index is 12.9. The minimum absolute atomic E-state index is 0.0994. The van der Waals surface area contributed by atoms with Crippen molar-refractivity contribution in [3.8, 4) is 0 Å². The van der Waals surface area contributed by atoms with Crippen LogP contribution in [0.4, 0.5) is 0 Å². The highest BCUT2D eigenvalue weighted by Crippen LogP contribution is 2.17. The molecule has 71 heavy (non-hydrogen) atoms. The fraction of sp³-hybridized carbons (Fsp3) is 0.800. The van der Waals surface area contributed by atoms with Crippen molar-refractivity contribution in [2.45, 2.75) is 322 Å². The molecule has 0 aromatic rings. The average molecular weight is 994 g/mol. The molecule has 0 aliphatic heterocycles. The van der Waals surface area contributed by atoms with Crippen LogP contribution in [0.3, 0.4) is 0 Å². The van der Waals surface area contributed by atoms with Crippen LogP contribution in [-0.2, 0) is 28.6 Å². The number of hydrogen-bond acceptors (Lipinski definition) is 6. The van der Waals surface area contributed by atoms with E-state index >= 15 is 0 Å². The third-order valence-electron chi connectivity index (χ3n) is 13.6.